The van der Waals surface area contributed by atoms with Gasteiger partial charge in [-0.3, -0.25) is 0 Å². The first-order valence-corrected chi connectivity index (χ1v) is 6.40. The summed E-state index contributed by atoms with van der Waals surface area (Å²) in [6.07, 6.45) is 1.91. The zero-order chi connectivity index (χ0) is 13.4. The minimum absolute atomic E-state index is 0.389. The molecule has 100 valence electrons. The van der Waals surface area contributed by atoms with Crippen LogP contribution in [0.2, 0.25) is 0 Å². The number of hydrogen-bond acceptors (Lipinski definition) is 4. The largest absolute Gasteiger partial charge is 0.486 e. The Bertz CT molecular complexity index is 605. The van der Waals surface area contributed by atoms with Crippen molar-refractivity contribution in [3.63, 3.8) is 0 Å². The fourth-order valence-corrected chi connectivity index (χ4v) is 2.07. The van der Waals surface area contributed by atoms with Crippen molar-refractivity contribution in [2.45, 2.75) is 19.8 Å². The first-order chi connectivity index (χ1) is 9.15. The molecule has 1 aliphatic rings. The average Bonchev–Trinajstić information content (AvgIpc) is 2.87. The van der Waals surface area contributed by atoms with E-state index in [1.54, 1.807) is 10.7 Å². The second-order valence-electron chi connectivity index (χ2n) is 4.89. The second kappa shape index (κ2) is 4.50. The monoisotopic (exact) mass is 259 g/mol. The van der Waals surface area contributed by atoms with Gasteiger partial charge in [0.15, 0.2) is 11.5 Å². The van der Waals surface area contributed by atoms with Crippen molar-refractivity contribution < 1.29 is 9.47 Å². The molecular formula is C14H17N3O2. The molecule has 2 N–H and O–H groups in total. The maximum Gasteiger partial charge on any atom is 0.163 e. The van der Waals surface area contributed by atoms with Crippen LogP contribution in [0, 0.1) is 0 Å². The molecular weight excluding hydrogens is 242 g/mol. The van der Waals surface area contributed by atoms with Gasteiger partial charge < -0.3 is 15.2 Å². The first-order valence-electron chi connectivity index (χ1n) is 6.40. The molecule has 1 aliphatic heterocycles. The Morgan fingerprint density at radius 1 is 1.21 bits per heavy atom. The molecule has 2 heterocycles. The molecule has 0 radical (unpaired) electrons. The van der Waals surface area contributed by atoms with E-state index >= 15 is 0 Å². The lowest BCUT2D eigenvalue weighted by Crippen LogP contribution is -2.16. The molecule has 0 atom stereocenters. The van der Waals surface area contributed by atoms with Crippen LogP contribution in [0.1, 0.15) is 25.5 Å². The molecule has 5 nitrogen and oxygen atoms in total. The van der Waals surface area contributed by atoms with Gasteiger partial charge in [0.05, 0.1) is 17.1 Å². The van der Waals surface area contributed by atoms with Crippen molar-refractivity contribution in [2.24, 2.45) is 0 Å². The number of nitrogens with zero attached hydrogens (tertiary/aromatic N) is 2. The summed E-state index contributed by atoms with van der Waals surface area (Å²) in [6.45, 7) is 5.34. The van der Waals surface area contributed by atoms with Gasteiger partial charge in [-0.05, 0) is 12.0 Å². The lowest BCUT2D eigenvalue weighted by atomic mass is 10.1. The third kappa shape index (κ3) is 2.12. The topological polar surface area (TPSA) is 62.3 Å². The Morgan fingerprint density at radius 3 is 2.53 bits per heavy atom. The van der Waals surface area contributed by atoms with Gasteiger partial charge in [-0.15, -0.1) is 0 Å². The van der Waals surface area contributed by atoms with Gasteiger partial charge >= 0.3 is 0 Å². The molecule has 19 heavy (non-hydrogen) atoms. The fraction of sp³-hybridized carbons (Fsp3) is 0.357. The van der Waals surface area contributed by atoms with Crippen LogP contribution in [0.15, 0.2) is 24.4 Å². The highest BCUT2D eigenvalue weighted by atomic mass is 16.6. The zero-order valence-corrected chi connectivity index (χ0v) is 11.1. The van der Waals surface area contributed by atoms with Gasteiger partial charge in [-0.2, -0.15) is 5.10 Å². The number of benzene rings is 1. The third-order valence-corrected chi connectivity index (χ3v) is 3.14. The average molecular weight is 259 g/mol. The van der Waals surface area contributed by atoms with Crippen LogP contribution in [0.25, 0.3) is 5.69 Å². The van der Waals surface area contributed by atoms with Crippen molar-refractivity contribution >= 4 is 5.69 Å². The maximum atomic E-state index is 6.07. The standard InChI is InChI=1S/C14H17N3O2/c1-9(2)11-3-4-17(16-11)12-8-14-13(7-10(12)15)18-5-6-19-14/h3-4,7-9H,5-6,15H2,1-2H3. The van der Waals surface area contributed by atoms with Crippen LogP contribution in [-0.4, -0.2) is 23.0 Å². The minimum atomic E-state index is 0.389. The Kier molecular flexibility index (Phi) is 2.81. The number of hydrogen-bond donors (Lipinski definition) is 1. The summed E-state index contributed by atoms with van der Waals surface area (Å²) in [5.41, 5.74) is 8.55. The van der Waals surface area contributed by atoms with E-state index in [4.69, 9.17) is 15.2 Å². The van der Waals surface area contributed by atoms with E-state index < -0.39 is 0 Å². The Hall–Kier alpha value is -2.17. The highest BCUT2D eigenvalue weighted by Crippen LogP contribution is 2.35. The number of anilines is 1. The van der Waals surface area contributed by atoms with E-state index in [0.29, 0.717) is 30.6 Å². The molecule has 2 aromatic rings. The van der Waals surface area contributed by atoms with Crippen molar-refractivity contribution in [3.05, 3.63) is 30.1 Å². The van der Waals surface area contributed by atoms with E-state index in [9.17, 15) is 0 Å². The van der Waals surface area contributed by atoms with Crippen molar-refractivity contribution in [3.8, 4) is 17.2 Å². The van der Waals surface area contributed by atoms with E-state index in [1.807, 2.05) is 18.3 Å². The number of aromatic nitrogens is 2. The molecule has 0 aliphatic carbocycles. The number of fused-ring (bicyclic) bond motifs is 1. The maximum absolute atomic E-state index is 6.07. The number of nitrogen functional groups attached to an aromatic ring is 1. The minimum Gasteiger partial charge on any atom is -0.486 e. The van der Waals surface area contributed by atoms with Crippen molar-refractivity contribution in [2.75, 3.05) is 18.9 Å². The van der Waals surface area contributed by atoms with Gasteiger partial charge in [0.1, 0.15) is 13.2 Å². The van der Waals surface area contributed by atoms with Gasteiger partial charge in [0.2, 0.25) is 0 Å². The lowest BCUT2D eigenvalue weighted by Gasteiger charge is -2.20. The number of ether oxygens (including phenoxy) is 2. The quantitative estimate of drug-likeness (QED) is 0.841. The first kappa shape index (κ1) is 11.9. The SMILES string of the molecule is CC(C)c1ccn(-c2cc3c(cc2N)OCCO3)n1. The summed E-state index contributed by atoms with van der Waals surface area (Å²) < 4.78 is 12.9. The highest BCUT2D eigenvalue weighted by molar-refractivity contribution is 5.65. The number of rotatable bonds is 2. The smallest absolute Gasteiger partial charge is 0.163 e. The van der Waals surface area contributed by atoms with Crippen molar-refractivity contribution in [1.82, 2.24) is 9.78 Å². The molecule has 5 heteroatoms. The van der Waals surface area contributed by atoms with Crippen LogP contribution in [-0.2, 0) is 0 Å². The van der Waals surface area contributed by atoms with Gasteiger partial charge in [-0.1, -0.05) is 13.8 Å². The molecule has 0 saturated carbocycles. The van der Waals surface area contributed by atoms with E-state index in [0.717, 1.165) is 17.1 Å². The van der Waals surface area contributed by atoms with Crippen LogP contribution in [0.4, 0.5) is 5.69 Å². The molecule has 0 fully saturated rings. The summed E-state index contributed by atoms with van der Waals surface area (Å²) in [4.78, 5) is 0. The molecule has 0 unspecified atom stereocenters. The lowest BCUT2D eigenvalue weighted by molar-refractivity contribution is 0.171. The summed E-state index contributed by atoms with van der Waals surface area (Å²) >= 11 is 0. The van der Waals surface area contributed by atoms with Crippen LogP contribution in [0.3, 0.4) is 0 Å². The highest BCUT2D eigenvalue weighted by Gasteiger charge is 2.16. The fourth-order valence-electron chi connectivity index (χ4n) is 2.07. The Labute approximate surface area is 111 Å². The van der Waals surface area contributed by atoms with Crippen LogP contribution < -0.4 is 15.2 Å². The third-order valence-electron chi connectivity index (χ3n) is 3.14. The Morgan fingerprint density at radius 2 is 1.89 bits per heavy atom. The van der Waals surface area contributed by atoms with Crippen LogP contribution in [0.5, 0.6) is 11.5 Å². The Balaban J connectivity index is 2.03. The normalized spacial score (nSPS) is 13.8. The van der Waals surface area contributed by atoms with Crippen LogP contribution >= 0.6 is 0 Å². The predicted octanol–water partition coefficient (Wildman–Crippen LogP) is 2.35. The summed E-state index contributed by atoms with van der Waals surface area (Å²) in [5, 5.41) is 4.53. The molecule has 0 bridgehead atoms. The second-order valence-corrected chi connectivity index (χ2v) is 4.89. The number of nitrogens with two attached hydrogens (primary N) is 1. The van der Waals surface area contributed by atoms with E-state index in [-0.39, 0.29) is 0 Å². The molecule has 1 aromatic heterocycles. The van der Waals surface area contributed by atoms with Gasteiger partial charge in [0, 0.05) is 18.3 Å². The zero-order valence-electron chi connectivity index (χ0n) is 11.1. The van der Waals surface area contributed by atoms with E-state index in [2.05, 4.69) is 18.9 Å². The van der Waals surface area contributed by atoms with Crippen molar-refractivity contribution in [1.29, 1.82) is 0 Å². The summed E-state index contributed by atoms with van der Waals surface area (Å²) in [6, 6.07) is 5.67. The molecule has 0 amide bonds. The molecule has 3 rings (SSSR count). The predicted molar refractivity (Wildman–Crippen MR) is 73.1 cm³/mol. The van der Waals surface area contributed by atoms with E-state index in [1.165, 1.54) is 0 Å². The molecule has 0 saturated heterocycles. The van der Waals surface area contributed by atoms with Gasteiger partial charge in [0.25, 0.3) is 0 Å². The summed E-state index contributed by atoms with van der Waals surface area (Å²) in [5.74, 6) is 1.81. The van der Waals surface area contributed by atoms with Gasteiger partial charge in [-0.25, -0.2) is 4.68 Å². The molecule has 1 aromatic carbocycles. The molecule has 0 spiro atoms. The summed E-state index contributed by atoms with van der Waals surface area (Å²) in [7, 11) is 0.